The number of carbonyl (C=O) groups is 1. The largest absolute Gasteiger partial charge is 0.459 e. The summed E-state index contributed by atoms with van der Waals surface area (Å²) in [6.07, 6.45) is 3.51. The summed E-state index contributed by atoms with van der Waals surface area (Å²) in [5, 5.41) is 10.2. The van der Waals surface area contributed by atoms with Crippen LogP contribution in [0.3, 0.4) is 0 Å². The summed E-state index contributed by atoms with van der Waals surface area (Å²) in [5.41, 5.74) is 2.07. The Morgan fingerprint density at radius 2 is 2.08 bits per heavy atom. The second-order valence-electron chi connectivity index (χ2n) is 5.47. The molecule has 1 atom stereocenters. The lowest BCUT2D eigenvalue weighted by Crippen LogP contribution is -2.19. The lowest BCUT2D eigenvalue weighted by Gasteiger charge is -2.22. The molecule has 7 nitrogen and oxygen atoms in total. The van der Waals surface area contributed by atoms with E-state index in [2.05, 4.69) is 26.8 Å². The second-order valence-corrected chi connectivity index (χ2v) is 5.47. The highest BCUT2D eigenvalue weighted by atomic mass is 16.3. The highest BCUT2D eigenvalue weighted by Gasteiger charge is 2.24. The van der Waals surface area contributed by atoms with Gasteiger partial charge in [0.05, 0.1) is 6.26 Å². The van der Waals surface area contributed by atoms with E-state index in [4.69, 9.17) is 4.42 Å². The van der Waals surface area contributed by atoms with Gasteiger partial charge < -0.3 is 9.73 Å². The molecular weight excluding hydrogens is 306 g/mol. The molecule has 2 aromatic heterocycles. The minimum atomic E-state index is -0.385. The van der Waals surface area contributed by atoms with Crippen LogP contribution in [0.4, 0.5) is 11.9 Å². The zero-order valence-electron chi connectivity index (χ0n) is 12.9. The van der Waals surface area contributed by atoms with Crippen molar-refractivity contribution in [2.45, 2.75) is 13.0 Å². The van der Waals surface area contributed by atoms with Gasteiger partial charge in [0.15, 0.2) is 5.76 Å². The number of nitrogens with one attached hydrogen (secondary N) is 2. The quantitative estimate of drug-likeness (QED) is 0.774. The molecule has 0 bridgehead atoms. The Morgan fingerprint density at radius 3 is 2.83 bits per heavy atom. The smallest absolute Gasteiger partial charge is 0.293 e. The van der Waals surface area contributed by atoms with E-state index in [0.717, 1.165) is 11.3 Å². The molecule has 1 aliphatic rings. The molecule has 0 radical (unpaired) electrons. The van der Waals surface area contributed by atoms with E-state index >= 15 is 0 Å². The van der Waals surface area contributed by atoms with E-state index in [0.29, 0.717) is 5.95 Å². The fraction of sp³-hybridized carbons (Fsp3) is 0.118. The van der Waals surface area contributed by atoms with Crippen LogP contribution >= 0.6 is 0 Å². The van der Waals surface area contributed by atoms with Crippen LogP contribution < -0.4 is 10.6 Å². The molecule has 0 unspecified atom stereocenters. The number of nitrogens with zero attached hydrogens (tertiary/aromatic N) is 3. The molecule has 4 rings (SSSR count). The third-order valence-electron chi connectivity index (χ3n) is 3.72. The molecule has 0 spiro atoms. The summed E-state index contributed by atoms with van der Waals surface area (Å²) in [6.45, 7) is 1.97. The lowest BCUT2D eigenvalue weighted by molar-refractivity contribution is 0.0996. The standard InChI is InChI=1S/C17H15N5O2/c1-11-10-13(12-6-3-2-4-7-12)22-17(18-11)20-16(21-22)19-15(23)14-8-5-9-24-14/h2-10,13H,1H3,(H2,18,19,20,21,23)/t13-/m1/s1. The van der Waals surface area contributed by atoms with E-state index in [9.17, 15) is 4.79 Å². The predicted octanol–water partition coefficient (Wildman–Crippen LogP) is 3.04. The fourth-order valence-corrected chi connectivity index (χ4v) is 2.64. The van der Waals surface area contributed by atoms with Gasteiger partial charge in [-0.25, -0.2) is 4.68 Å². The summed E-state index contributed by atoms with van der Waals surface area (Å²) in [5.74, 6) is 0.634. The number of furan rings is 1. The van der Waals surface area contributed by atoms with E-state index in [1.165, 1.54) is 6.26 Å². The molecule has 0 saturated heterocycles. The van der Waals surface area contributed by atoms with Gasteiger partial charge in [-0.2, -0.15) is 4.98 Å². The van der Waals surface area contributed by atoms with Crippen molar-refractivity contribution in [1.29, 1.82) is 0 Å². The zero-order valence-corrected chi connectivity index (χ0v) is 12.9. The van der Waals surface area contributed by atoms with Gasteiger partial charge in [-0.1, -0.05) is 30.3 Å². The van der Waals surface area contributed by atoms with Crippen LogP contribution in [0.5, 0.6) is 0 Å². The third kappa shape index (κ3) is 2.56. The average molecular weight is 321 g/mol. The summed E-state index contributed by atoms with van der Waals surface area (Å²) in [6, 6.07) is 13.2. The van der Waals surface area contributed by atoms with Gasteiger partial charge in [0.1, 0.15) is 6.04 Å². The van der Waals surface area contributed by atoms with Crippen LogP contribution in [0, 0.1) is 0 Å². The molecular formula is C17H15N5O2. The van der Waals surface area contributed by atoms with Crippen molar-refractivity contribution in [1.82, 2.24) is 14.8 Å². The van der Waals surface area contributed by atoms with Crippen LogP contribution in [0.1, 0.15) is 29.1 Å². The second kappa shape index (κ2) is 5.69. The maximum absolute atomic E-state index is 12.1. The maximum Gasteiger partial charge on any atom is 0.293 e. The Bertz CT molecular complexity index is 896. The Kier molecular flexibility index (Phi) is 3.38. The number of rotatable bonds is 3. The van der Waals surface area contributed by atoms with Crippen molar-refractivity contribution in [2.75, 3.05) is 10.6 Å². The first-order valence-corrected chi connectivity index (χ1v) is 7.52. The van der Waals surface area contributed by atoms with Gasteiger partial charge in [0.2, 0.25) is 5.95 Å². The summed E-state index contributed by atoms with van der Waals surface area (Å²) in [7, 11) is 0. The number of allylic oxidation sites excluding steroid dienone is 2. The average Bonchev–Trinajstić information content (AvgIpc) is 3.24. The normalized spacial score (nSPS) is 16.0. The molecule has 120 valence electrons. The Morgan fingerprint density at radius 1 is 1.25 bits per heavy atom. The van der Waals surface area contributed by atoms with Crippen LogP contribution in [0.2, 0.25) is 0 Å². The van der Waals surface area contributed by atoms with Crippen LogP contribution in [0.15, 0.2) is 64.9 Å². The number of aromatic nitrogens is 3. The van der Waals surface area contributed by atoms with Gasteiger partial charge in [-0.3, -0.25) is 10.1 Å². The molecule has 0 fully saturated rings. The van der Waals surface area contributed by atoms with E-state index in [1.807, 2.05) is 37.3 Å². The van der Waals surface area contributed by atoms with Crippen molar-refractivity contribution in [2.24, 2.45) is 0 Å². The number of benzene rings is 1. The van der Waals surface area contributed by atoms with Crippen molar-refractivity contribution >= 4 is 17.8 Å². The van der Waals surface area contributed by atoms with E-state index in [-0.39, 0.29) is 23.7 Å². The summed E-state index contributed by atoms with van der Waals surface area (Å²) < 4.78 is 6.83. The maximum atomic E-state index is 12.1. The molecule has 1 aromatic carbocycles. The Labute approximate surface area is 138 Å². The highest BCUT2D eigenvalue weighted by Crippen LogP contribution is 2.29. The van der Waals surface area contributed by atoms with E-state index in [1.54, 1.807) is 16.8 Å². The molecule has 1 amide bonds. The Hall–Kier alpha value is -3.35. The molecule has 24 heavy (non-hydrogen) atoms. The van der Waals surface area contributed by atoms with Crippen LogP contribution in [-0.4, -0.2) is 20.7 Å². The SMILES string of the molecule is CC1=C[C@H](c2ccccc2)n2nc(NC(=O)c3ccco3)nc2N1. The number of hydrogen-bond acceptors (Lipinski definition) is 5. The van der Waals surface area contributed by atoms with Crippen molar-refractivity contribution in [3.63, 3.8) is 0 Å². The van der Waals surface area contributed by atoms with Crippen molar-refractivity contribution in [3.8, 4) is 0 Å². The van der Waals surface area contributed by atoms with Gasteiger partial charge in [-0.15, -0.1) is 5.10 Å². The monoisotopic (exact) mass is 321 g/mol. The highest BCUT2D eigenvalue weighted by molar-refractivity contribution is 6.01. The first kappa shape index (κ1) is 14.3. The van der Waals surface area contributed by atoms with Gasteiger partial charge >= 0.3 is 0 Å². The lowest BCUT2D eigenvalue weighted by atomic mass is 10.1. The number of fused-ring (bicyclic) bond motifs is 1. The molecule has 1 aliphatic heterocycles. The minimum Gasteiger partial charge on any atom is -0.459 e. The van der Waals surface area contributed by atoms with Crippen LogP contribution in [-0.2, 0) is 0 Å². The third-order valence-corrected chi connectivity index (χ3v) is 3.72. The van der Waals surface area contributed by atoms with Gasteiger partial charge in [0, 0.05) is 5.70 Å². The topological polar surface area (TPSA) is 85.0 Å². The van der Waals surface area contributed by atoms with Gasteiger partial charge in [-0.05, 0) is 30.7 Å². The number of hydrogen-bond donors (Lipinski definition) is 2. The Balaban J connectivity index is 1.65. The predicted molar refractivity (Wildman–Crippen MR) is 88.6 cm³/mol. The summed E-state index contributed by atoms with van der Waals surface area (Å²) >= 11 is 0. The molecule has 3 aromatic rings. The first-order chi connectivity index (χ1) is 11.7. The summed E-state index contributed by atoms with van der Waals surface area (Å²) in [4.78, 5) is 16.4. The van der Waals surface area contributed by atoms with Crippen molar-refractivity contribution < 1.29 is 9.21 Å². The van der Waals surface area contributed by atoms with Crippen molar-refractivity contribution in [3.05, 3.63) is 71.8 Å². The number of amides is 1. The minimum absolute atomic E-state index is 0.0794. The number of carbonyl (C=O) groups excluding carboxylic acids is 1. The molecule has 0 aliphatic carbocycles. The molecule has 7 heteroatoms. The zero-order chi connectivity index (χ0) is 16.5. The van der Waals surface area contributed by atoms with E-state index < -0.39 is 0 Å². The van der Waals surface area contributed by atoms with Gasteiger partial charge in [0.25, 0.3) is 11.9 Å². The first-order valence-electron chi connectivity index (χ1n) is 7.52. The number of anilines is 2. The fourth-order valence-electron chi connectivity index (χ4n) is 2.64. The molecule has 3 heterocycles. The molecule has 0 saturated carbocycles. The molecule has 2 N–H and O–H groups in total. The van der Waals surface area contributed by atoms with Crippen LogP contribution in [0.25, 0.3) is 0 Å².